The van der Waals surface area contributed by atoms with Gasteiger partial charge in [-0.3, -0.25) is 0 Å². The summed E-state index contributed by atoms with van der Waals surface area (Å²) in [6.07, 6.45) is 1.95. The van der Waals surface area contributed by atoms with Gasteiger partial charge in [0.15, 0.2) is 0 Å². The third-order valence-electron chi connectivity index (χ3n) is 2.47. The highest BCUT2D eigenvalue weighted by Crippen LogP contribution is 2.29. The second kappa shape index (κ2) is 4.01. The molecule has 0 aliphatic heterocycles. The van der Waals surface area contributed by atoms with Crippen molar-refractivity contribution < 1.29 is 18.3 Å². The number of nitrogens with two attached hydrogens (primary N) is 1. The van der Waals surface area contributed by atoms with Gasteiger partial charge < -0.3 is 10.4 Å². The van der Waals surface area contributed by atoms with E-state index in [1.807, 2.05) is 0 Å². The lowest BCUT2D eigenvalue weighted by Gasteiger charge is -2.10. The van der Waals surface area contributed by atoms with Crippen molar-refractivity contribution in [2.24, 2.45) is 5.14 Å². The molecule has 0 saturated heterocycles. The monoisotopic (exact) mass is 256 g/mol. The van der Waals surface area contributed by atoms with Gasteiger partial charge in [0.25, 0.3) is 0 Å². The largest absolute Gasteiger partial charge is 0.478 e. The zero-order valence-electron chi connectivity index (χ0n) is 8.88. The molecule has 1 aliphatic rings. The molecule has 7 heteroatoms. The van der Waals surface area contributed by atoms with E-state index in [9.17, 15) is 13.2 Å². The molecule has 1 aromatic rings. The molecule has 0 bridgehead atoms. The van der Waals surface area contributed by atoms with E-state index < -0.39 is 16.0 Å². The Bertz CT molecular complexity index is 564. The van der Waals surface area contributed by atoms with Gasteiger partial charge in [-0.05, 0) is 31.0 Å². The van der Waals surface area contributed by atoms with Crippen LogP contribution in [0.5, 0.6) is 0 Å². The fraction of sp³-hybridized carbons (Fsp3) is 0.300. The number of rotatable bonds is 4. The number of hydrogen-bond donors (Lipinski definition) is 3. The quantitative estimate of drug-likeness (QED) is 0.731. The number of anilines is 1. The number of hydrogen-bond acceptors (Lipinski definition) is 4. The van der Waals surface area contributed by atoms with Crippen molar-refractivity contribution in [1.29, 1.82) is 0 Å². The summed E-state index contributed by atoms with van der Waals surface area (Å²) in [5.74, 6) is -1.19. The predicted octanol–water partition coefficient (Wildman–Crippen LogP) is 0.607. The van der Waals surface area contributed by atoms with Crippen molar-refractivity contribution in [3.8, 4) is 0 Å². The number of sulfonamides is 1. The maximum atomic E-state index is 11.4. The molecule has 1 saturated carbocycles. The molecule has 1 aromatic carbocycles. The van der Waals surface area contributed by atoms with Crippen molar-refractivity contribution in [3.63, 3.8) is 0 Å². The Labute approximate surface area is 98.5 Å². The van der Waals surface area contributed by atoms with Crippen molar-refractivity contribution in [3.05, 3.63) is 23.8 Å². The van der Waals surface area contributed by atoms with Crippen molar-refractivity contribution in [2.45, 2.75) is 23.8 Å². The molecule has 0 atom stereocenters. The highest BCUT2D eigenvalue weighted by Gasteiger charge is 2.24. The van der Waals surface area contributed by atoms with Crippen molar-refractivity contribution in [1.82, 2.24) is 0 Å². The van der Waals surface area contributed by atoms with Crippen LogP contribution in [-0.4, -0.2) is 25.5 Å². The molecule has 4 N–H and O–H groups in total. The van der Waals surface area contributed by atoms with Crippen molar-refractivity contribution >= 4 is 21.7 Å². The van der Waals surface area contributed by atoms with Crippen LogP contribution in [0.2, 0.25) is 0 Å². The summed E-state index contributed by atoms with van der Waals surface area (Å²) in [6, 6.07) is 4.11. The first-order valence-corrected chi connectivity index (χ1v) is 6.59. The molecule has 0 unspecified atom stereocenters. The highest BCUT2D eigenvalue weighted by atomic mass is 32.2. The second-order valence-electron chi connectivity index (χ2n) is 3.98. The average molecular weight is 256 g/mol. The standard InChI is InChI=1S/C10H12N2O4S/c11-17(15,16)9-5-6(10(13)14)1-4-8(9)12-7-2-3-7/h1,4-5,7,12H,2-3H2,(H,13,14)(H2,11,15,16). The number of aromatic carboxylic acids is 1. The van der Waals surface area contributed by atoms with Crippen LogP contribution >= 0.6 is 0 Å². The predicted molar refractivity (Wildman–Crippen MR) is 61.4 cm³/mol. The smallest absolute Gasteiger partial charge is 0.335 e. The van der Waals surface area contributed by atoms with Gasteiger partial charge in [-0.1, -0.05) is 0 Å². The molecule has 2 rings (SSSR count). The van der Waals surface area contributed by atoms with Crippen LogP contribution in [0.15, 0.2) is 23.1 Å². The Morgan fingerprint density at radius 3 is 2.53 bits per heavy atom. The first-order valence-electron chi connectivity index (χ1n) is 5.04. The SMILES string of the molecule is NS(=O)(=O)c1cc(C(=O)O)ccc1NC1CC1. The molecular weight excluding hydrogens is 244 g/mol. The van der Waals surface area contributed by atoms with Gasteiger partial charge in [-0.2, -0.15) is 0 Å². The normalized spacial score (nSPS) is 15.6. The molecule has 1 aliphatic carbocycles. The fourth-order valence-electron chi connectivity index (χ4n) is 1.46. The van der Waals surface area contributed by atoms with E-state index in [-0.39, 0.29) is 16.5 Å². The topological polar surface area (TPSA) is 109 Å². The van der Waals surface area contributed by atoms with Gasteiger partial charge >= 0.3 is 5.97 Å². The molecule has 0 heterocycles. The lowest BCUT2D eigenvalue weighted by molar-refractivity contribution is 0.0696. The Hall–Kier alpha value is -1.60. The van der Waals surface area contributed by atoms with Crippen LogP contribution in [0.4, 0.5) is 5.69 Å². The summed E-state index contributed by atoms with van der Waals surface area (Å²) in [5.41, 5.74) is 0.260. The van der Waals surface area contributed by atoms with E-state index in [1.165, 1.54) is 12.1 Å². The minimum atomic E-state index is -3.93. The second-order valence-corrected chi connectivity index (χ2v) is 5.51. The first kappa shape index (κ1) is 11.9. The Kier molecular flexibility index (Phi) is 2.80. The van der Waals surface area contributed by atoms with E-state index in [0.29, 0.717) is 5.69 Å². The van der Waals surface area contributed by atoms with E-state index >= 15 is 0 Å². The molecule has 17 heavy (non-hydrogen) atoms. The van der Waals surface area contributed by atoms with E-state index in [0.717, 1.165) is 18.9 Å². The molecular formula is C10H12N2O4S. The van der Waals surface area contributed by atoms with Gasteiger partial charge in [0.1, 0.15) is 4.90 Å². The number of carboxylic acids is 1. The average Bonchev–Trinajstić information content (AvgIpc) is 3.00. The number of nitrogens with one attached hydrogen (secondary N) is 1. The fourth-order valence-corrected chi connectivity index (χ4v) is 2.18. The number of benzene rings is 1. The number of primary sulfonamides is 1. The minimum Gasteiger partial charge on any atom is -0.478 e. The van der Waals surface area contributed by atoms with Crippen LogP contribution in [0.25, 0.3) is 0 Å². The summed E-state index contributed by atoms with van der Waals surface area (Å²) in [7, 11) is -3.93. The van der Waals surface area contributed by atoms with Crippen LogP contribution in [-0.2, 0) is 10.0 Å². The molecule has 0 aromatic heterocycles. The third kappa shape index (κ3) is 2.75. The summed E-state index contributed by atoms with van der Waals surface area (Å²) in [6.45, 7) is 0. The lowest BCUT2D eigenvalue weighted by Crippen LogP contribution is -2.16. The van der Waals surface area contributed by atoms with Crippen LogP contribution in [0.3, 0.4) is 0 Å². The van der Waals surface area contributed by atoms with Crippen LogP contribution < -0.4 is 10.5 Å². The Balaban J connectivity index is 2.47. The van der Waals surface area contributed by atoms with E-state index in [4.69, 9.17) is 10.2 Å². The van der Waals surface area contributed by atoms with Gasteiger partial charge in [-0.25, -0.2) is 18.4 Å². The van der Waals surface area contributed by atoms with Gasteiger partial charge in [0.2, 0.25) is 10.0 Å². The number of carboxylic acid groups (broad SMARTS) is 1. The highest BCUT2D eigenvalue weighted by molar-refractivity contribution is 7.89. The Morgan fingerprint density at radius 2 is 2.06 bits per heavy atom. The molecule has 0 radical (unpaired) electrons. The van der Waals surface area contributed by atoms with Gasteiger partial charge in [0, 0.05) is 6.04 Å². The van der Waals surface area contributed by atoms with E-state index in [2.05, 4.69) is 5.32 Å². The third-order valence-corrected chi connectivity index (χ3v) is 3.42. The van der Waals surface area contributed by atoms with Gasteiger partial charge in [0.05, 0.1) is 11.3 Å². The summed E-state index contributed by atoms with van der Waals surface area (Å²) in [4.78, 5) is 10.6. The lowest BCUT2D eigenvalue weighted by atomic mass is 10.2. The van der Waals surface area contributed by atoms with E-state index in [1.54, 1.807) is 0 Å². The maximum absolute atomic E-state index is 11.4. The van der Waals surface area contributed by atoms with Crippen LogP contribution in [0.1, 0.15) is 23.2 Å². The first-order chi connectivity index (χ1) is 7.88. The Morgan fingerprint density at radius 1 is 1.41 bits per heavy atom. The van der Waals surface area contributed by atoms with Crippen molar-refractivity contribution in [2.75, 3.05) is 5.32 Å². The zero-order valence-corrected chi connectivity index (χ0v) is 9.70. The molecule has 1 fully saturated rings. The summed E-state index contributed by atoms with van der Waals surface area (Å²) < 4.78 is 22.8. The summed E-state index contributed by atoms with van der Waals surface area (Å²) in [5, 5.41) is 16.9. The maximum Gasteiger partial charge on any atom is 0.335 e. The molecule has 0 amide bonds. The minimum absolute atomic E-state index is 0.102. The number of carbonyl (C=O) groups is 1. The molecule has 0 spiro atoms. The summed E-state index contributed by atoms with van der Waals surface area (Å²) >= 11 is 0. The molecule has 6 nitrogen and oxygen atoms in total. The van der Waals surface area contributed by atoms with Crippen LogP contribution in [0, 0.1) is 0 Å². The zero-order chi connectivity index (χ0) is 12.6. The molecule has 92 valence electrons. The van der Waals surface area contributed by atoms with Gasteiger partial charge in [-0.15, -0.1) is 0 Å².